The third-order valence-corrected chi connectivity index (χ3v) is 6.51. The molecule has 1 aliphatic rings. The lowest BCUT2D eigenvalue weighted by molar-refractivity contribution is 0.123. The lowest BCUT2D eigenvalue weighted by Gasteiger charge is -2.30. The molecule has 5 rings (SSSR count). The zero-order chi connectivity index (χ0) is 24.0. The highest BCUT2D eigenvalue weighted by molar-refractivity contribution is 6.30. The quantitative estimate of drug-likeness (QED) is 0.455. The third-order valence-electron chi connectivity index (χ3n) is 6.25. The number of hydrogen-bond donors (Lipinski definition) is 1. The molecule has 1 N–H and O–H groups in total. The topological polar surface area (TPSA) is 89.6 Å². The van der Waals surface area contributed by atoms with E-state index in [0.29, 0.717) is 40.9 Å². The fourth-order valence-electron chi connectivity index (χ4n) is 4.30. The molecule has 0 atom stereocenters. The van der Waals surface area contributed by atoms with E-state index in [1.165, 1.54) is 4.68 Å². The first-order valence-corrected chi connectivity index (χ1v) is 11.4. The van der Waals surface area contributed by atoms with Gasteiger partial charge in [-0.15, -0.1) is 0 Å². The molecule has 1 fully saturated rings. The Bertz CT molecular complexity index is 1520. The first kappa shape index (κ1) is 22.2. The van der Waals surface area contributed by atoms with Crippen LogP contribution in [0, 0.1) is 6.92 Å². The number of fused-ring (bicyclic) bond motifs is 1. The molecule has 34 heavy (non-hydrogen) atoms. The van der Waals surface area contributed by atoms with Gasteiger partial charge in [-0.3, -0.25) is 24.0 Å². The van der Waals surface area contributed by atoms with Gasteiger partial charge >= 0.3 is 5.69 Å². The van der Waals surface area contributed by atoms with Crippen LogP contribution in [0.3, 0.4) is 0 Å². The van der Waals surface area contributed by atoms with Gasteiger partial charge in [0.05, 0.1) is 46.9 Å². The molecule has 3 heterocycles. The van der Waals surface area contributed by atoms with Gasteiger partial charge in [0.1, 0.15) is 0 Å². The van der Waals surface area contributed by atoms with E-state index in [9.17, 15) is 9.59 Å². The number of hydrogen-bond acceptors (Lipinski definition) is 5. The number of aryl methyl sites for hydroxylation is 3. The van der Waals surface area contributed by atoms with Crippen LogP contribution in [0.4, 0.5) is 11.4 Å². The van der Waals surface area contributed by atoms with E-state index in [2.05, 4.69) is 10.00 Å². The molecule has 0 unspecified atom stereocenters. The van der Waals surface area contributed by atoms with Gasteiger partial charge in [-0.05, 0) is 43.3 Å². The van der Waals surface area contributed by atoms with Crippen molar-refractivity contribution in [3.8, 4) is 5.69 Å². The van der Waals surface area contributed by atoms with Gasteiger partial charge in [-0.25, -0.2) is 9.48 Å². The minimum Gasteiger partial charge on any atom is -0.378 e. The number of aliphatic imine (C=N–C) groups is 1. The van der Waals surface area contributed by atoms with E-state index in [4.69, 9.17) is 21.3 Å². The van der Waals surface area contributed by atoms with Gasteiger partial charge in [0.2, 0.25) is 0 Å². The monoisotopic (exact) mass is 480 g/mol. The normalized spacial score (nSPS) is 14.5. The van der Waals surface area contributed by atoms with Crippen molar-refractivity contribution in [1.82, 2.24) is 18.9 Å². The SMILES string of the molecule is Cc1[nH]n(-c2ccc(Cl)cc2)c(=O)c1C=Nc1cc2c(cc1N1CCOCC1)n(C)c(=O)n2C. The molecule has 0 bridgehead atoms. The van der Waals surface area contributed by atoms with Crippen LogP contribution in [0.5, 0.6) is 0 Å². The minimum atomic E-state index is -0.204. The summed E-state index contributed by atoms with van der Waals surface area (Å²) in [6.07, 6.45) is 1.59. The summed E-state index contributed by atoms with van der Waals surface area (Å²) in [5.74, 6) is 0. The van der Waals surface area contributed by atoms with E-state index in [1.807, 2.05) is 19.1 Å². The van der Waals surface area contributed by atoms with Crippen LogP contribution in [-0.2, 0) is 18.8 Å². The Morgan fingerprint density at radius 1 is 1.03 bits per heavy atom. The zero-order valence-electron chi connectivity index (χ0n) is 19.2. The molecule has 1 saturated heterocycles. The predicted molar refractivity (Wildman–Crippen MR) is 135 cm³/mol. The fraction of sp³-hybridized carbons (Fsp3) is 0.292. The molecular weight excluding hydrogens is 456 g/mol. The van der Waals surface area contributed by atoms with E-state index in [-0.39, 0.29) is 11.2 Å². The predicted octanol–water partition coefficient (Wildman–Crippen LogP) is 2.91. The van der Waals surface area contributed by atoms with Gasteiger partial charge in [0.15, 0.2) is 0 Å². The molecule has 2 aromatic heterocycles. The number of halogens is 1. The summed E-state index contributed by atoms with van der Waals surface area (Å²) in [6, 6.07) is 10.9. The van der Waals surface area contributed by atoms with Crippen LogP contribution < -0.4 is 16.1 Å². The maximum absolute atomic E-state index is 13.1. The lowest BCUT2D eigenvalue weighted by Crippen LogP contribution is -2.36. The van der Waals surface area contributed by atoms with Crippen molar-refractivity contribution in [2.45, 2.75) is 6.92 Å². The van der Waals surface area contributed by atoms with Crippen molar-refractivity contribution in [3.63, 3.8) is 0 Å². The third kappa shape index (κ3) is 3.76. The van der Waals surface area contributed by atoms with Crippen molar-refractivity contribution < 1.29 is 4.74 Å². The number of H-pyrrole nitrogens is 1. The van der Waals surface area contributed by atoms with Crippen molar-refractivity contribution in [1.29, 1.82) is 0 Å². The van der Waals surface area contributed by atoms with Crippen molar-refractivity contribution in [3.05, 3.63) is 73.5 Å². The average molecular weight is 481 g/mol. The van der Waals surface area contributed by atoms with Crippen LogP contribution in [0.15, 0.2) is 51.0 Å². The summed E-state index contributed by atoms with van der Waals surface area (Å²) in [5.41, 5.74) is 4.74. The van der Waals surface area contributed by atoms with E-state index in [0.717, 1.165) is 29.8 Å². The summed E-state index contributed by atoms with van der Waals surface area (Å²) >= 11 is 5.98. The summed E-state index contributed by atoms with van der Waals surface area (Å²) in [7, 11) is 3.51. The summed E-state index contributed by atoms with van der Waals surface area (Å²) < 4.78 is 10.2. The second kappa shape index (κ2) is 8.66. The summed E-state index contributed by atoms with van der Waals surface area (Å²) in [4.78, 5) is 32.6. The number of aromatic nitrogens is 4. The van der Waals surface area contributed by atoms with Crippen LogP contribution in [-0.4, -0.2) is 51.4 Å². The lowest BCUT2D eigenvalue weighted by atomic mass is 10.2. The number of benzene rings is 2. The molecule has 2 aromatic carbocycles. The molecule has 176 valence electrons. The average Bonchev–Trinajstić information content (AvgIpc) is 3.25. The van der Waals surface area contributed by atoms with Crippen molar-refractivity contribution in [2.24, 2.45) is 19.1 Å². The molecule has 0 spiro atoms. The number of ether oxygens (including phenoxy) is 1. The number of rotatable bonds is 4. The maximum atomic E-state index is 13.1. The highest BCUT2D eigenvalue weighted by Gasteiger charge is 2.19. The molecule has 0 aliphatic carbocycles. The summed E-state index contributed by atoms with van der Waals surface area (Å²) in [5, 5.41) is 3.71. The Hall–Kier alpha value is -3.56. The van der Waals surface area contributed by atoms with E-state index < -0.39 is 0 Å². The molecule has 0 radical (unpaired) electrons. The fourth-order valence-corrected chi connectivity index (χ4v) is 4.43. The smallest absolute Gasteiger partial charge is 0.328 e. The van der Waals surface area contributed by atoms with Crippen molar-refractivity contribution >= 4 is 40.2 Å². The van der Waals surface area contributed by atoms with E-state index >= 15 is 0 Å². The summed E-state index contributed by atoms with van der Waals surface area (Å²) in [6.45, 7) is 4.53. The molecule has 1 aliphatic heterocycles. The first-order valence-electron chi connectivity index (χ1n) is 11.0. The standard InChI is InChI=1S/C24H25ClN6O3/c1-15-18(23(32)31(27-15)17-6-4-16(25)5-7-17)14-26-19-12-21-22(29(3)24(33)28(21)2)13-20(19)30-8-10-34-11-9-30/h4-7,12-14,27H,8-11H2,1-3H3. The number of anilines is 1. The number of imidazole rings is 1. The van der Waals surface area contributed by atoms with Gasteiger partial charge in [0, 0.05) is 44.1 Å². The van der Waals surface area contributed by atoms with Crippen LogP contribution in [0.25, 0.3) is 16.7 Å². The number of morpholine rings is 1. The molecular formula is C24H25ClN6O3. The van der Waals surface area contributed by atoms with Crippen molar-refractivity contribution in [2.75, 3.05) is 31.2 Å². The zero-order valence-corrected chi connectivity index (χ0v) is 20.0. The second-order valence-electron chi connectivity index (χ2n) is 8.36. The van der Waals surface area contributed by atoms with Gasteiger partial charge in [-0.1, -0.05) is 11.6 Å². The Morgan fingerprint density at radius 2 is 1.68 bits per heavy atom. The van der Waals surface area contributed by atoms with Gasteiger partial charge in [0.25, 0.3) is 5.56 Å². The van der Waals surface area contributed by atoms with Crippen LogP contribution in [0.1, 0.15) is 11.3 Å². The number of nitrogens with one attached hydrogen (secondary N) is 1. The van der Waals surface area contributed by atoms with Crippen LogP contribution in [0.2, 0.25) is 5.02 Å². The van der Waals surface area contributed by atoms with Gasteiger partial charge < -0.3 is 9.64 Å². The maximum Gasteiger partial charge on any atom is 0.328 e. The Balaban J connectivity index is 1.61. The largest absolute Gasteiger partial charge is 0.378 e. The molecule has 9 nitrogen and oxygen atoms in total. The van der Waals surface area contributed by atoms with Gasteiger partial charge in [-0.2, -0.15) is 0 Å². The highest BCUT2D eigenvalue weighted by Crippen LogP contribution is 2.33. The van der Waals surface area contributed by atoms with E-state index in [1.54, 1.807) is 53.7 Å². The van der Waals surface area contributed by atoms with Crippen LogP contribution >= 0.6 is 11.6 Å². The number of nitrogens with zero attached hydrogens (tertiary/aromatic N) is 5. The Morgan fingerprint density at radius 3 is 2.35 bits per heavy atom. The molecule has 10 heteroatoms. The Kier molecular flexibility index (Phi) is 5.66. The second-order valence-corrected chi connectivity index (χ2v) is 8.79. The minimum absolute atomic E-state index is 0.101. The molecule has 0 saturated carbocycles. The molecule has 4 aromatic rings. The first-order chi connectivity index (χ1) is 16.3. The highest BCUT2D eigenvalue weighted by atomic mass is 35.5. The Labute approximate surface area is 200 Å². The number of aromatic amines is 1. The molecule has 0 amide bonds.